The van der Waals surface area contributed by atoms with E-state index in [1.807, 2.05) is 30.3 Å². The second-order valence-corrected chi connectivity index (χ2v) is 8.33. The highest BCUT2D eigenvalue weighted by Gasteiger charge is 2.11. The van der Waals surface area contributed by atoms with Crippen LogP contribution in [0.2, 0.25) is 10.0 Å². The van der Waals surface area contributed by atoms with Gasteiger partial charge in [0, 0.05) is 14.3 Å². The van der Waals surface area contributed by atoms with Crippen LogP contribution >= 0.6 is 45.8 Å². The Morgan fingerprint density at radius 1 is 1.10 bits per heavy atom. The van der Waals surface area contributed by atoms with Crippen LogP contribution in [0.1, 0.15) is 11.1 Å². The summed E-state index contributed by atoms with van der Waals surface area (Å²) in [6.07, 6.45) is 1.47. The Balaban J connectivity index is 1.70. The fourth-order valence-corrected chi connectivity index (χ4v) is 3.34. The Labute approximate surface area is 198 Å². The Hall–Kier alpha value is -2.53. The van der Waals surface area contributed by atoms with E-state index in [0.29, 0.717) is 33.7 Å². The molecule has 0 fully saturated rings. The number of carbonyl (C=O) groups excluding carboxylic acids is 1. The molecule has 0 radical (unpaired) electrons. The summed E-state index contributed by atoms with van der Waals surface area (Å²) in [6.45, 7) is 0.386. The van der Waals surface area contributed by atoms with Gasteiger partial charge in [0.25, 0.3) is 5.91 Å². The van der Waals surface area contributed by atoms with E-state index in [1.165, 1.54) is 6.08 Å². The molecular formula is C23H15Cl2IN2O2. The van der Waals surface area contributed by atoms with Crippen molar-refractivity contribution in [3.8, 4) is 11.8 Å². The number of nitrogens with one attached hydrogen (secondary N) is 1. The van der Waals surface area contributed by atoms with E-state index in [1.54, 1.807) is 42.5 Å². The Kier molecular flexibility index (Phi) is 7.75. The summed E-state index contributed by atoms with van der Waals surface area (Å²) >= 11 is 14.5. The molecule has 0 bridgehead atoms. The molecule has 0 saturated heterocycles. The highest BCUT2D eigenvalue weighted by atomic mass is 127. The predicted octanol–water partition coefficient (Wildman–Crippen LogP) is 6.72. The first-order valence-electron chi connectivity index (χ1n) is 8.80. The summed E-state index contributed by atoms with van der Waals surface area (Å²) in [6, 6.07) is 21.7. The molecule has 0 aliphatic rings. The zero-order chi connectivity index (χ0) is 21.5. The smallest absolute Gasteiger partial charge is 0.266 e. The van der Waals surface area contributed by atoms with Gasteiger partial charge >= 0.3 is 0 Å². The maximum atomic E-state index is 12.4. The monoisotopic (exact) mass is 548 g/mol. The molecule has 7 heteroatoms. The number of hydrogen-bond acceptors (Lipinski definition) is 3. The fraction of sp³-hybridized carbons (Fsp3) is 0.0435. The van der Waals surface area contributed by atoms with Crippen molar-refractivity contribution in [2.75, 3.05) is 5.32 Å². The van der Waals surface area contributed by atoms with Gasteiger partial charge in [0.2, 0.25) is 0 Å². The van der Waals surface area contributed by atoms with Crippen LogP contribution in [0.4, 0.5) is 5.69 Å². The number of ether oxygens (including phenoxy) is 1. The number of carbonyl (C=O) groups is 1. The summed E-state index contributed by atoms with van der Waals surface area (Å²) in [4.78, 5) is 12.4. The number of benzene rings is 3. The molecule has 0 aliphatic heterocycles. The SMILES string of the molecule is N#C/C(=C\c1ccc(OCc2ccc(I)cc2)c(Cl)c1)C(=O)Nc1cccc(Cl)c1. The van der Waals surface area contributed by atoms with Crippen LogP contribution in [-0.2, 0) is 11.4 Å². The average Bonchev–Trinajstić information content (AvgIpc) is 2.72. The summed E-state index contributed by atoms with van der Waals surface area (Å²) in [5.74, 6) is -0.0100. The third kappa shape index (κ3) is 6.23. The van der Waals surface area contributed by atoms with Crippen LogP contribution in [0.5, 0.6) is 5.75 Å². The van der Waals surface area contributed by atoms with Crippen LogP contribution in [0.25, 0.3) is 6.08 Å². The molecule has 0 aliphatic carbocycles. The van der Waals surface area contributed by atoms with E-state index in [2.05, 4.69) is 27.9 Å². The van der Waals surface area contributed by atoms with E-state index >= 15 is 0 Å². The fourth-order valence-electron chi connectivity index (χ4n) is 2.55. The molecule has 0 heterocycles. The zero-order valence-electron chi connectivity index (χ0n) is 15.5. The predicted molar refractivity (Wildman–Crippen MR) is 129 cm³/mol. The molecule has 0 aromatic heterocycles. The molecule has 150 valence electrons. The minimum absolute atomic E-state index is 0.0569. The molecular weight excluding hydrogens is 534 g/mol. The highest BCUT2D eigenvalue weighted by molar-refractivity contribution is 14.1. The lowest BCUT2D eigenvalue weighted by Crippen LogP contribution is -2.13. The summed E-state index contributed by atoms with van der Waals surface area (Å²) in [5.41, 5.74) is 2.09. The first-order valence-corrected chi connectivity index (χ1v) is 10.6. The number of nitriles is 1. The van der Waals surface area contributed by atoms with Crippen molar-refractivity contribution in [2.24, 2.45) is 0 Å². The number of nitrogens with zero attached hydrogens (tertiary/aromatic N) is 1. The second kappa shape index (κ2) is 10.5. The molecule has 0 atom stereocenters. The molecule has 3 aromatic rings. The molecule has 0 spiro atoms. The third-order valence-corrected chi connectivity index (χ3v) is 5.27. The zero-order valence-corrected chi connectivity index (χ0v) is 19.2. The highest BCUT2D eigenvalue weighted by Crippen LogP contribution is 2.27. The van der Waals surface area contributed by atoms with Crippen molar-refractivity contribution in [3.63, 3.8) is 0 Å². The van der Waals surface area contributed by atoms with Crippen molar-refractivity contribution in [2.45, 2.75) is 6.61 Å². The number of anilines is 1. The van der Waals surface area contributed by atoms with Gasteiger partial charge in [-0.1, -0.05) is 47.5 Å². The van der Waals surface area contributed by atoms with E-state index in [9.17, 15) is 10.1 Å². The maximum Gasteiger partial charge on any atom is 0.266 e. The van der Waals surface area contributed by atoms with Crippen molar-refractivity contribution >= 4 is 63.5 Å². The maximum absolute atomic E-state index is 12.4. The quantitative estimate of drug-likeness (QED) is 0.211. The lowest BCUT2D eigenvalue weighted by atomic mass is 10.1. The first-order chi connectivity index (χ1) is 14.4. The molecule has 1 amide bonds. The van der Waals surface area contributed by atoms with E-state index in [0.717, 1.165) is 9.13 Å². The van der Waals surface area contributed by atoms with Crippen LogP contribution < -0.4 is 10.1 Å². The average molecular weight is 549 g/mol. The number of rotatable bonds is 6. The van der Waals surface area contributed by atoms with Gasteiger partial charge in [0.05, 0.1) is 5.02 Å². The van der Waals surface area contributed by atoms with E-state index < -0.39 is 5.91 Å². The van der Waals surface area contributed by atoms with Gasteiger partial charge in [-0.25, -0.2) is 0 Å². The lowest BCUT2D eigenvalue weighted by Gasteiger charge is -2.09. The number of amides is 1. The normalized spacial score (nSPS) is 10.9. The van der Waals surface area contributed by atoms with Gasteiger partial charge in [-0.05, 0) is 82.3 Å². The standard InChI is InChI=1S/C23H15Cl2IN2O2/c24-18-2-1-3-20(12-18)28-23(29)17(13-27)10-16-6-9-22(21(25)11-16)30-14-15-4-7-19(26)8-5-15/h1-12H,14H2,(H,28,29)/b17-10+. The van der Waals surface area contributed by atoms with Crippen molar-refractivity contribution in [3.05, 3.63) is 97.0 Å². The number of halogens is 3. The van der Waals surface area contributed by atoms with Crippen LogP contribution in [0.3, 0.4) is 0 Å². The summed E-state index contributed by atoms with van der Waals surface area (Å²) in [7, 11) is 0. The molecule has 1 N–H and O–H groups in total. The van der Waals surface area contributed by atoms with E-state index in [-0.39, 0.29) is 5.57 Å². The molecule has 30 heavy (non-hydrogen) atoms. The Morgan fingerprint density at radius 3 is 2.53 bits per heavy atom. The van der Waals surface area contributed by atoms with Crippen LogP contribution in [-0.4, -0.2) is 5.91 Å². The van der Waals surface area contributed by atoms with Gasteiger partial charge in [-0.3, -0.25) is 4.79 Å². The van der Waals surface area contributed by atoms with Gasteiger partial charge in [-0.2, -0.15) is 5.26 Å². The second-order valence-electron chi connectivity index (χ2n) is 6.24. The Bertz CT molecular complexity index is 1140. The number of hydrogen-bond donors (Lipinski definition) is 1. The van der Waals surface area contributed by atoms with Gasteiger partial charge < -0.3 is 10.1 Å². The Morgan fingerprint density at radius 2 is 1.87 bits per heavy atom. The third-order valence-electron chi connectivity index (χ3n) is 4.02. The molecule has 0 saturated carbocycles. The molecule has 4 nitrogen and oxygen atoms in total. The van der Waals surface area contributed by atoms with Gasteiger partial charge in [-0.15, -0.1) is 0 Å². The van der Waals surface area contributed by atoms with Crippen molar-refractivity contribution in [1.82, 2.24) is 0 Å². The van der Waals surface area contributed by atoms with Crippen LogP contribution in [0, 0.1) is 14.9 Å². The minimum atomic E-state index is -0.532. The topological polar surface area (TPSA) is 62.1 Å². The first kappa shape index (κ1) is 22.2. The molecule has 3 aromatic carbocycles. The molecule has 3 rings (SSSR count). The van der Waals surface area contributed by atoms with Gasteiger partial charge in [0.15, 0.2) is 0 Å². The largest absolute Gasteiger partial charge is 0.487 e. The minimum Gasteiger partial charge on any atom is -0.487 e. The van der Waals surface area contributed by atoms with E-state index in [4.69, 9.17) is 27.9 Å². The van der Waals surface area contributed by atoms with Crippen molar-refractivity contribution in [1.29, 1.82) is 5.26 Å². The summed E-state index contributed by atoms with van der Waals surface area (Å²) in [5, 5.41) is 12.9. The van der Waals surface area contributed by atoms with Crippen LogP contribution in [0.15, 0.2) is 72.3 Å². The van der Waals surface area contributed by atoms with Gasteiger partial charge in [0.1, 0.15) is 24.0 Å². The molecule has 0 unspecified atom stereocenters. The summed E-state index contributed by atoms with van der Waals surface area (Å²) < 4.78 is 6.93. The lowest BCUT2D eigenvalue weighted by molar-refractivity contribution is -0.112. The van der Waals surface area contributed by atoms with Crippen molar-refractivity contribution < 1.29 is 9.53 Å².